The fourth-order valence-electron chi connectivity index (χ4n) is 3.09. The molecule has 2 N–H and O–H groups in total. The molecule has 0 saturated heterocycles. The maximum absolute atomic E-state index is 11.6. The van der Waals surface area contributed by atoms with E-state index >= 15 is 0 Å². The van der Waals surface area contributed by atoms with Gasteiger partial charge in [0.1, 0.15) is 11.5 Å². The average Bonchev–Trinajstić information content (AvgIpc) is 2.57. The molecular formula is C22H29NO3. The minimum absolute atomic E-state index is 0.0295. The van der Waals surface area contributed by atoms with Gasteiger partial charge >= 0.3 is 0 Å². The number of aryl methyl sites for hydroxylation is 2. The van der Waals surface area contributed by atoms with Crippen LogP contribution in [0.15, 0.2) is 30.3 Å². The molecule has 0 heterocycles. The van der Waals surface area contributed by atoms with Crippen LogP contribution in [0.2, 0.25) is 0 Å². The topological polar surface area (TPSA) is 58.6 Å². The number of ether oxygens (including phenoxy) is 1. The highest BCUT2D eigenvalue weighted by molar-refractivity contribution is 5.77. The molecule has 0 unspecified atom stereocenters. The Kier molecular flexibility index (Phi) is 6.67. The van der Waals surface area contributed by atoms with E-state index in [2.05, 4.69) is 39.1 Å². The van der Waals surface area contributed by atoms with Gasteiger partial charge in [0.2, 0.25) is 0 Å². The number of carbonyl (C=O) groups is 1. The molecule has 0 aliphatic carbocycles. The summed E-state index contributed by atoms with van der Waals surface area (Å²) in [4.78, 5) is 11.6. The molecule has 2 rings (SSSR count). The number of hydrogen-bond donors (Lipinski definition) is 2. The first-order valence-corrected chi connectivity index (χ1v) is 9.13. The van der Waals surface area contributed by atoms with E-state index in [4.69, 9.17) is 4.74 Å². The van der Waals surface area contributed by atoms with Crippen LogP contribution in [-0.2, 0) is 11.2 Å². The molecule has 140 valence electrons. The molecule has 2 aromatic rings. The average molecular weight is 355 g/mol. The van der Waals surface area contributed by atoms with E-state index in [1.807, 2.05) is 25.1 Å². The van der Waals surface area contributed by atoms with E-state index in [0.29, 0.717) is 18.0 Å². The van der Waals surface area contributed by atoms with Crippen molar-refractivity contribution < 1.29 is 14.6 Å². The number of carbonyl (C=O) groups excluding carboxylic acids is 1. The van der Waals surface area contributed by atoms with Crippen LogP contribution in [0.5, 0.6) is 11.5 Å². The van der Waals surface area contributed by atoms with Crippen LogP contribution >= 0.6 is 0 Å². The molecule has 0 bridgehead atoms. The number of aromatic hydroxyl groups is 1. The lowest BCUT2D eigenvalue weighted by Gasteiger charge is -2.15. The van der Waals surface area contributed by atoms with Gasteiger partial charge in [0, 0.05) is 6.54 Å². The van der Waals surface area contributed by atoms with E-state index in [1.54, 1.807) is 6.07 Å². The van der Waals surface area contributed by atoms with Crippen LogP contribution in [0.1, 0.15) is 54.5 Å². The van der Waals surface area contributed by atoms with Gasteiger partial charge in [0.05, 0.1) is 0 Å². The molecule has 26 heavy (non-hydrogen) atoms. The van der Waals surface area contributed by atoms with Gasteiger partial charge in [-0.1, -0.05) is 26.0 Å². The van der Waals surface area contributed by atoms with Crippen LogP contribution in [0.4, 0.5) is 0 Å². The molecule has 0 aliphatic rings. The van der Waals surface area contributed by atoms with Crippen molar-refractivity contribution in [3.05, 3.63) is 58.1 Å². The predicted molar refractivity (Wildman–Crippen MR) is 105 cm³/mol. The Morgan fingerprint density at radius 1 is 1.15 bits per heavy atom. The van der Waals surface area contributed by atoms with Crippen molar-refractivity contribution in [1.82, 2.24) is 5.32 Å². The van der Waals surface area contributed by atoms with E-state index in [1.165, 1.54) is 11.1 Å². The zero-order chi connectivity index (χ0) is 19.3. The molecule has 0 spiro atoms. The SMILES string of the molecule is CCNC(=O)COc1cc(C)c(Cc2ccc(O)c(C(C)C)c2)c(C)c1. The fraction of sp³-hybridized carbons (Fsp3) is 0.409. The van der Waals surface area contributed by atoms with Gasteiger partial charge in [-0.15, -0.1) is 0 Å². The first-order chi connectivity index (χ1) is 12.3. The lowest BCUT2D eigenvalue weighted by atomic mass is 9.93. The highest BCUT2D eigenvalue weighted by Gasteiger charge is 2.11. The van der Waals surface area contributed by atoms with Crippen LogP contribution in [0.25, 0.3) is 0 Å². The summed E-state index contributed by atoms with van der Waals surface area (Å²) in [7, 11) is 0. The van der Waals surface area contributed by atoms with Gasteiger partial charge in [-0.3, -0.25) is 4.79 Å². The second-order valence-corrected chi connectivity index (χ2v) is 7.00. The normalized spacial score (nSPS) is 10.8. The molecule has 1 amide bonds. The van der Waals surface area contributed by atoms with Gasteiger partial charge < -0.3 is 15.2 Å². The van der Waals surface area contributed by atoms with E-state index in [0.717, 1.165) is 23.1 Å². The smallest absolute Gasteiger partial charge is 0.257 e. The van der Waals surface area contributed by atoms with Crippen molar-refractivity contribution >= 4 is 5.91 Å². The largest absolute Gasteiger partial charge is 0.508 e. The standard InChI is InChI=1S/C22H29NO3/c1-6-23-22(25)13-26-18-9-15(4)20(16(5)10-18)12-17-7-8-21(24)19(11-17)14(2)3/h7-11,14,24H,6,12-13H2,1-5H3,(H,23,25). The Balaban J connectivity index is 2.18. The summed E-state index contributed by atoms with van der Waals surface area (Å²) in [5.74, 6) is 1.23. The molecule has 0 saturated carbocycles. The Morgan fingerprint density at radius 3 is 2.38 bits per heavy atom. The van der Waals surface area contributed by atoms with Gasteiger partial charge in [0.15, 0.2) is 6.61 Å². The maximum Gasteiger partial charge on any atom is 0.257 e. The number of benzene rings is 2. The third-order valence-electron chi connectivity index (χ3n) is 4.51. The number of nitrogens with one attached hydrogen (secondary N) is 1. The first kappa shape index (κ1) is 19.8. The van der Waals surface area contributed by atoms with Crippen LogP contribution < -0.4 is 10.1 Å². The molecule has 0 fully saturated rings. The van der Waals surface area contributed by atoms with Crippen LogP contribution in [0.3, 0.4) is 0 Å². The van der Waals surface area contributed by atoms with Crippen LogP contribution in [0, 0.1) is 13.8 Å². The Bertz CT molecular complexity index is 758. The lowest BCUT2D eigenvalue weighted by Crippen LogP contribution is -2.28. The summed E-state index contributed by atoms with van der Waals surface area (Å²) >= 11 is 0. The molecule has 0 aliphatic heterocycles. The fourth-order valence-corrected chi connectivity index (χ4v) is 3.09. The summed E-state index contributed by atoms with van der Waals surface area (Å²) < 4.78 is 5.61. The Labute approximate surface area is 156 Å². The molecule has 0 aromatic heterocycles. The van der Waals surface area contributed by atoms with Crippen molar-refractivity contribution in [3.63, 3.8) is 0 Å². The first-order valence-electron chi connectivity index (χ1n) is 9.13. The summed E-state index contributed by atoms with van der Waals surface area (Å²) in [6, 6.07) is 9.79. The molecule has 4 nitrogen and oxygen atoms in total. The summed E-state index contributed by atoms with van der Waals surface area (Å²) in [5, 5.41) is 12.7. The van der Waals surface area contributed by atoms with E-state index in [9.17, 15) is 9.90 Å². The van der Waals surface area contributed by atoms with Crippen molar-refractivity contribution in [1.29, 1.82) is 0 Å². The molecule has 0 atom stereocenters. The number of likely N-dealkylation sites (N-methyl/N-ethyl adjacent to an activating group) is 1. The van der Waals surface area contributed by atoms with Crippen molar-refractivity contribution in [2.75, 3.05) is 13.2 Å². The lowest BCUT2D eigenvalue weighted by molar-refractivity contribution is -0.122. The van der Waals surface area contributed by atoms with Gasteiger partial charge in [-0.05, 0) is 79.1 Å². The van der Waals surface area contributed by atoms with E-state index in [-0.39, 0.29) is 18.4 Å². The number of phenols is 1. The molecular weight excluding hydrogens is 326 g/mol. The minimum atomic E-state index is -0.114. The third kappa shape index (κ3) is 5.01. The number of amides is 1. The highest BCUT2D eigenvalue weighted by Crippen LogP contribution is 2.29. The predicted octanol–water partition coefficient (Wildman–Crippen LogP) is 4.24. The van der Waals surface area contributed by atoms with Gasteiger partial charge in [0.25, 0.3) is 5.91 Å². The third-order valence-corrected chi connectivity index (χ3v) is 4.51. The zero-order valence-corrected chi connectivity index (χ0v) is 16.3. The molecule has 0 radical (unpaired) electrons. The van der Waals surface area contributed by atoms with Crippen molar-refractivity contribution in [2.45, 2.75) is 47.0 Å². The summed E-state index contributed by atoms with van der Waals surface area (Å²) in [5.41, 5.74) is 5.66. The highest BCUT2D eigenvalue weighted by atomic mass is 16.5. The van der Waals surface area contributed by atoms with Crippen LogP contribution in [-0.4, -0.2) is 24.2 Å². The van der Waals surface area contributed by atoms with Gasteiger partial charge in [-0.2, -0.15) is 0 Å². The minimum Gasteiger partial charge on any atom is -0.508 e. The van der Waals surface area contributed by atoms with Crippen molar-refractivity contribution in [3.8, 4) is 11.5 Å². The second kappa shape index (κ2) is 8.75. The molecule has 4 heteroatoms. The van der Waals surface area contributed by atoms with Gasteiger partial charge in [-0.25, -0.2) is 0 Å². The number of hydrogen-bond acceptors (Lipinski definition) is 3. The Morgan fingerprint density at radius 2 is 1.81 bits per heavy atom. The number of rotatable bonds is 7. The van der Waals surface area contributed by atoms with E-state index < -0.39 is 0 Å². The monoisotopic (exact) mass is 355 g/mol. The summed E-state index contributed by atoms with van der Waals surface area (Å²) in [6.07, 6.45) is 0.800. The quantitative estimate of drug-likeness (QED) is 0.781. The zero-order valence-electron chi connectivity index (χ0n) is 16.3. The Hall–Kier alpha value is -2.49. The second-order valence-electron chi connectivity index (χ2n) is 7.00. The van der Waals surface area contributed by atoms with Crippen molar-refractivity contribution in [2.24, 2.45) is 0 Å². The molecule has 2 aromatic carbocycles. The number of phenolic OH excluding ortho intramolecular Hbond substituents is 1. The maximum atomic E-state index is 11.6. The summed E-state index contributed by atoms with van der Waals surface area (Å²) in [6.45, 7) is 10.8.